The van der Waals surface area contributed by atoms with E-state index in [1.807, 2.05) is 0 Å². The minimum absolute atomic E-state index is 0.201. The summed E-state index contributed by atoms with van der Waals surface area (Å²) in [6, 6.07) is 0.355. The molecule has 2 fully saturated rings. The highest BCUT2D eigenvalue weighted by molar-refractivity contribution is 6.09. The monoisotopic (exact) mass is 380 g/mol. The van der Waals surface area contributed by atoms with Crippen molar-refractivity contribution in [3.63, 3.8) is 0 Å². The van der Waals surface area contributed by atoms with Crippen LogP contribution in [0.4, 0.5) is 4.79 Å². The molecular weight excluding hydrogens is 344 g/mol. The molecule has 154 valence electrons. The summed E-state index contributed by atoms with van der Waals surface area (Å²) >= 11 is 0. The van der Waals surface area contributed by atoms with Gasteiger partial charge < -0.3 is 10.6 Å². The molecule has 0 aromatic heterocycles. The molecule has 0 radical (unpaired) electrons. The lowest BCUT2D eigenvalue weighted by Crippen LogP contribution is -2.50. The molecule has 7 heteroatoms. The second kappa shape index (κ2) is 9.04. The zero-order chi connectivity index (χ0) is 20.2. The standard InChI is InChI=1S/C20H36N4O3/c1-6-16-7-9-20(10-8-16)18(26)24(19(27)22-20)13-17(25)21-11-12-23(14(2)3)15(4)5/h14-16H,6-13H2,1-5H3,(H,21,25)(H,22,27). The Hall–Kier alpha value is -1.63. The largest absolute Gasteiger partial charge is 0.353 e. The van der Waals surface area contributed by atoms with E-state index in [1.165, 1.54) is 0 Å². The van der Waals surface area contributed by atoms with Crippen LogP contribution in [0.15, 0.2) is 0 Å². The maximum Gasteiger partial charge on any atom is 0.325 e. The Bertz CT molecular complexity index is 545. The molecular formula is C20H36N4O3. The number of nitrogens with one attached hydrogen (secondary N) is 2. The molecule has 0 aromatic carbocycles. The predicted octanol–water partition coefficient (Wildman–Crippen LogP) is 2.11. The molecule has 0 aromatic rings. The number of carbonyl (C=O) groups excluding carboxylic acids is 3. The van der Waals surface area contributed by atoms with Crippen molar-refractivity contribution in [1.82, 2.24) is 20.4 Å². The fraction of sp³-hybridized carbons (Fsp3) is 0.850. The van der Waals surface area contributed by atoms with Crippen molar-refractivity contribution in [3.8, 4) is 0 Å². The Kier molecular flexibility index (Phi) is 7.25. The number of urea groups is 1. The van der Waals surface area contributed by atoms with Gasteiger partial charge in [-0.15, -0.1) is 0 Å². The third-order valence-corrected chi connectivity index (χ3v) is 6.10. The normalized spacial score (nSPS) is 25.8. The lowest BCUT2D eigenvalue weighted by Gasteiger charge is -2.34. The van der Waals surface area contributed by atoms with Gasteiger partial charge in [0.05, 0.1) is 0 Å². The van der Waals surface area contributed by atoms with Gasteiger partial charge in [-0.2, -0.15) is 0 Å². The molecule has 4 amide bonds. The highest BCUT2D eigenvalue weighted by Crippen LogP contribution is 2.37. The Morgan fingerprint density at radius 2 is 1.81 bits per heavy atom. The summed E-state index contributed by atoms with van der Waals surface area (Å²) < 4.78 is 0. The highest BCUT2D eigenvalue weighted by Gasteiger charge is 2.52. The summed E-state index contributed by atoms with van der Waals surface area (Å²) in [6.45, 7) is 11.7. The van der Waals surface area contributed by atoms with Crippen LogP contribution >= 0.6 is 0 Å². The van der Waals surface area contributed by atoms with Gasteiger partial charge in [-0.05, 0) is 59.3 Å². The third-order valence-electron chi connectivity index (χ3n) is 6.10. The van der Waals surface area contributed by atoms with Crippen LogP contribution in [0, 0.1) is 5.92 Å². The molecule has 1 heterocycles. The first-order valence-electron chi connectivity index (χ1n) is 10.4. The molecule has 1 aliphatic heterocycles. The number of rotatable bonds is 8. The number of carbonyl (C=O) groups is 3. The first-order valence-corrected chi connectivity index (χ1v) is 10.4. The molecule has 1 spiro atoms. The van der Waals surface area contributed by atoms with Crippen LogP contribution in [0.5, 0.6) is 0 Å². The van der Waals surface area contributed by atoms with Gasteiger partial charge in [0.1, 0.15) is 12.1 Å². The topological polar surface area (TPSA) is 81.8 Å². The average Bonchev–Trinajstić information content (AvgIpc) is 2.83. The highest BCUT2D eigenvalue weighted by atomic mass is 16.2. The van der Waals surface area contributed by atoms with Gasteiger partial charge in [0.2, 0.25) is 5.91 Å². The van der Waals surface area contributed by atoms with E-state index < -0.39 is 11.6 Å². The third kappa shape index (κ3) is 5.00. The molecule has 2 aliphatic rings. The Balaban J connectivity index is 1.85. The van der Waals surface area contributed by atoms with Gasteiger partial charge in [-0.25, -0.2) is 4.79 Å². The quantitative estimate of drug-likeness (QED) is 0.632. The van der Waals surface area contributed by atoms with Gasteiger partial charge in [-0.3, -0.25) is 19.4 Å². The molecule has 2 N–H and O–H groups in total. The minimum Gasteiger partial charge on any atom is -0.353 e. The van der Waals surface area contributed by atoms with E-state index in [1.54, 1.807) is 0 Å². The van der Waals surface area contributed by atoms with Gasteiger partial charge in [0, 0.05) is 25.2 Å². The van der Waals surface area contributed by atoms with Crippen LogP contribution < -0.4 is 10.6 Å². The van der Waals surface area contributed by atoms with E-state index >= 15 is 0 Å². The van der Waals surface area contributed by atoms with Gasteiger partial charge in [-0.1, -0.05) is 13.3 Å². The van der Waals surface area contributed by atoms with Crippen molar-refractivity contribution in [2.24, 2.45) is 5.92 Å². The lowest BCUT2D eigenvalue weighted by molar-refractivity contribution is -0.136. The number of hydrogen-bond donors (Lipinski definition) is 2. The molecule has 0 bridgehead atoms. The average molecular weight is 381 g/mol. The van der Waals surface area contributed by atoms with Gasteiger partial charge >= 0.3 is 6.03 Å². The maximum absolute atomic E-state index is 12.8. The summed E-state index contributed by atoms with van der Waals surface area (Å²) in [6.07, 6.45) is 4.34. The van der Waals surface area contributed by atoms with Crippen LogP contribution in [0.1, 0.15) is 66.7 Å². The molecule has 1 saturated heterocycles. The van der Waals surface area contributed by atoms with Crippen LogP contribution in [0.2, 0.25) is 0 Å². The van der Waals surface area contributed by atoms with E-state index in [-0.39, 0.29) is 18.4 Å². The Morgan fingerprint density at radius 3 is 2.33 bits per heavy atom. The fourth-order valence-electron chi connectivity index (χ4n) is 4.37. The van der Waals surface area contributed by atoms with Crippen molar-refractivity contribution in [2.45, 2.75) is 84.3 Å². The van der Waals surface area contributed by atoms with E-state index in [4.69, 9.17) is 0 Å². The fourth-order valence-corrected chi connectivity index (χ4v) is 4.37. The van der Waals surface area contributed by atoms with Crippen molar-refractivity contribution in [3.05, 3.63) is 0 Å². The number of amides is 4. The molecule has 2 rings (SSSR count). The van der Waals surface area contributed by atoms with Crippen molar-refractivity contribution in [2.75, 3.05) is 19.6 Å². The van der Waals surface area contributed by atoms with Gasteiger partial charge in [0.15, 0.2) is 0 Å². The smallest absolute Gasteiger partial charge is 0.325 e. The summed E-state index contributed by atoms with van der Waals surface area (Å²) in [7, 11) is 0. The van der Waals surface area contributed by atoms with E-state index in [0.717, 1.165) is 30.7 Å². The zero-order valence-corrected chi connectivity index (χ0v) is 17.5. The molecule has 1 saturated carbocycles. The lowest BCUT2D eigenvalue weighted by atomic mass is 9.75. The summed E-state index contributed by atoms with van der Waals surface area (Å²) in [5, 5.41) is 5.72. The van der Waals surface area contributed by atoms with Gasteiger partial charge in [0.25, 0.3) is 5.91 Å². The van der Waals surface area contributed by atoms with E-state index in [0.29, 0.717) is 37.4 Å². The number of hydrogen-bond acceptors (Lipinski definition) is 4. The summed E-state index contributed by atoms with van der Waals surface area (Å²) in [5.41, 5.74) is -0.783. The first-order chi connectivity index (χ1) is 12.7. The van der Waals surface area contributed by atoms with Crippen molar-refractivity contribution >= 4 is 17.8 Å². The molecule has 0 unspecified atom stereocenters. The van der Waals surface area contributed by atoms with Crippen LogP contribution in [0.25, 0.3) is 0 Å². The predicted molar refractivity (Wildman–Crippen MR) is 105 cm³/mol. The van der Waals surface area contributed by atoms with Crippen LogP contribution in [0.3, 0.4) is 0 Å². The van der Waals surface area contributed by atoms with Crippen molar-refractivity contribution in [1.29, 1.82) is 0 Å². The second-order valence-corrected chi connectivity index (χ2v) is 8.53. The zero-order valence-electron chi connectivity index (χ0n) is 17.5. The first kappa shape index (κ1) is 21.7. The SMILES string of the molecule is CCC1CCC2(CC1)NC(=O)N(CC(=O)NCCN(C(C)C)C(C)C)C2=O. The molecule has 7 nitrogen and oxygen atoms in total. The Labute approximate surface area is 163 Å². The Morgan fingerprint density at radius 1 is 1.22 bits per heavy atom. The van der Waals surface area contributed by atoms with Crippen LogP contribution in [-0.4, -0.2) is 64.9 Å². The number of nitrogens with zero attached hydrogens (tertiary/aromatic N) is 2. The van der Waals surface area contributed by atoms with E-state index in [2.05, 4.69) is 50.2 Å². The van der Waals surface area contributed by atoms with E-state index in [9.17, 15) is 14.4 Å². The molecule has 1 aliphatic carbocycles. The molecule has 27 heavy (non-hydrogen) atoms. The second-order valence-electron chi connectivity index (χ2n) is 8.53. The minimum atomic E-state index is -0.783. The summed E-state index contributed by atoms with van der Waals surface area (Å²) in [5.74, 6) is 0.107. The summed E-state index contributed by atoms with van der Waals surface area (Å²) in [4.78, 5) is 40.8. The van der Waals surface area contributed by atoms with Crippen LogP contribution in [-0.2, 0) is 9.59 Å². The van der Waals surface area contributed by atoms with Crippen molar-refractivity contribution < 1.29 is 14.4 Å². The number of imide groups is 1. The maximum atomic E-state index is 12.8. The molecule has 0 atom stereocenters.